The summed E-state index contributed by atoms with van der Waals surface area (Å²) in [6.07, 6.45) is 2.56. The van der Waals surface area contributed by atoms with Gasteiger partial charge in [0.1, 0.15) is 0 Å². The van der Waals surface area contributed by atoms with Gasteiger partial charge in [0, 0.05) is 11.2 Å². The van der Waals surface area contributed by atoms with Crippen LogP contribution in [-0.4, -0.2) is 21.1 Å². The van der Waals surface area contributed by atoms with Gasteiger partial charge in [0.05, 0.1) is 5.04 Å². The number of halogens is 1. The second-order valence-corrected chi connectivity index (χ2v) is 4.52. The summed E-state index contributed by atoms with van der Waals surface area (Å²) in [6.45, 7) is 3.41. The number of aliphatic imine (C=N–C) groups is 1. The normalized spacial score (nSPS) is 12.9. The molecule has 0 fully saturated rings. The number of hydrogen-bond acceptors (Lipinski definition) is 5. The number of nitrogens with zero attached hydrogens (tertiary/aromatic N) is 2. The lowest BCUT2D eigenvalue weighted by molar-refractivity contribution is 0.0685. The van der Waals surface area contributed by atoms with Gasteiger partial charge in [0.15, 0.2) is 6.39 Å². The molecule has 0 saturated heterocycles. The van der Waals surface area contributed by atoms with Gasteiger partial charge in [-0.1, -0.05) is 11.6 Å². The maximum absolute atomic E-state index is 10.7. The second kappa shape index (κ2) is 5.72. The van der Waals surface area contributed by atoms with Crippen LogP contribution < -0.4 is 0 Å². The van der Waals surface area contributed by atoms with E-state index in [9.17, 15) is 4.79 Å². The van der Waals surface area contributed by atoms with Gasteiger partial charge in [0.25, 0.3) is 0 Å². The van der Waals surface area contributed by atoms with Gasteiger partial charge >= 0.3 is 5.97 Å². The Hall–Kier alpha value is -1.27. The Morgan fingerprint density at radius 3 is 2.94 bits per heavy atom. The van der Waals surface area contributed by atoms with Crippen molar-refractivity contribution in [3.8, 4) is 0 Å². The fraction of sp³-hybridized carbons (Fsp3) is 0.222. The highest BCUT2D eigenvalue weighted by molar-refractivity contribution is 8.13. The summed E-state index contributed by atoms with van der Waals surface area (Å²) in [5, 5.41) is 10.1. The van der Waals surface area contributed by atoms with Gasteiger partial charge in [-0.15, -0.1) is 0 Å². The molecule has 0 atom stereocenters. The van der Waals surface area contributed by atoms with Crippen molar-refractivity contribution in [3.05, 3.63) is 23.3 Å². The number of carboxylic acids is 1. The fourth-order valence-corrected chi connectivity index (χ4v) is 1.54. The zero-order valence-electron chi connectivity index (χ0n) is 8.60. The van der Waals surface area contributed by atoms with Crippen LogP contribution in [0.1, 0.15) is 24.3 Å². The molecule has 0 bridgehead atoms. The first-order valence-corrected chi connectivity index (χ1v) is 5.41. The number of thioether (sulfide) groups is 1. The van der Waals surface area contributed by atoms with Crippen LogP contribution in [0.25, 0.3) is 0 Å². The molecule has 0 radical (unpaired) electrons. The predicted octanol–water partition coefficient (Wildman–Crippen LogP) is 2.98. The van der Waals surface area contributed by atoms with Crippen molar-refractivity contribution in [1.82, 2.24) is 4.98 Å². The highest BCUT2D eigenvalue weighted by atomic mass is 35.5. The third kappa shape index (κ3) is 3.71. The van der Waals surface area contributed by atoms with Crippen LogP contribution in [0.5, 0.6) is 0 Å². The molecule has 1 aromatic heterocycles. The standard InChI is InChI=1S/C9H9ClN2O3S/c1-5(10)3-11-6(2)16-9-7(8(13)14)12-4-15-9/h3-4H,1-2H3,(H,13,14)/b5-3+,11-6+. The van der Waals surface area contributed by atoms with E-state index >= 15 is 0 Å². The third-order valence-electron chi connectivity index (χ3n) is 1.40. The highest BCUT2D eigenvalue weighted by Gasteiger charge is 2.16. The molecule has 0 aliphatic heterocycles. The van der Waals surface area contributed by atoms with Crippen LogP contribution in [0.2, 0.25) is 0 Å². The largest absolute Gasteiger partial charge is 0.476 e. The average Bonchev–Trinajstić information content (AvgIpc) is 2.62. The van der Waals surface area contributed by atoms with E-state index in [1.807, 2.05) is 0 Å². The van der Waals surface area contributed by atoms with E-state index < -0.39 is 5.97 Å². The molecule has 86 valence electrons. The van der Waals surface area contributed by atoms with Crippen molar-refractivity contribution < 1.29 is 14.3 Å². The first kappa shape index (κ1) is 12.8. The third-order valence-corrected chi connectivity index (χ3v) is 2.38. The Morgan fingerprint density at radius 1 is 1.69 bits per heavy atom. The lowest BCUT2D eigenvalue weighted by Gasteiger charge is -1.95. The number of aromatic nitrogens is 1. The molecule has 7 heteroatoms. The van der Waals surface area contributed by atoms with Gasteiger partial charge in [0.2, 0.25) is 10.8 Å². The van der Waals surface area contributed by atoms with Crippen LogP contribution in [0.4, 0.5) is 0 Å². The molecule has 0 spiro atoms. The molecular formula is C9H9ClN2O3S. The Labute approximate surface area is 101 Å². The van der Waals surface area contributed by atoms with Crippen molar-refractivity contribution >= 4 is 34.4 Å². The summed E-state index contributed by atoms with van der Waals surface area (Å²) in [5.41, 5.74) is -0.119. The summed E-state index contributed by atoms with van der Waals surface area (Å²) in [4.78, 5) is 18.3. The quantitative estimate of drug-likeness (QED) is 0.514. The molecule has 0 saturated carbocycles. The minimum Gasteiger partial charge on any atom is -0.476 e. The Bertz CT molecular complexity index is 449. The van der Waals surface area contributed by atoms with E-state index in [0.29, 0.717) is 10.1 Å². The molecule has 1 N–H and O–H groups in total. The molecule has 0 aromatic carbocycles. The van der Waals surface area contributed by atoms with E-state index in [4.69, 9.17) is 21.1 Å². The SMILES string of the molecule is C/C(Cl)=C\N=C(/C)Sc1ocnc1C(=O)O. The molecule has 0 amide bonds. The van der Waals surface area contributed by atoms with E-state index in [2.05, 4.69) is 9.98 Å². The number of allylic oxidation sites excluding steroid dienone is 1. The van der Waals surface area contributed by atoms with E-state index in [1.165, 1.54) is 6.20 Å². The van der Waals surface area contributed by atoms with Crippen molar-refractivity contribution in [2.75, 3.05) is 0 Å². The van der Waals surface area contributed by atoms with Crippen LogP contribution in [0, 0.1) is 0 Å². The number of carbonyl (C=O) groups is 1. The number of hydrogen-bond donors (Lipinski definition) is 1. The number of oxazole rings is 1. The summed E-state index contributed by atoms with van der Waals surface area (Å²) < 4.78 is 4.94. The highest BCUT2D eigenvalue weighted by Crippen LogP contribution is 2.23. The maximum atomic E-state index is 10.7. The van der Waals surface area contributed by atoms with Gasteiger partial charge in [-0.05, 0) is 25.6 Å². The first-order valence-electron chi connectivity index (χ1n) is 4.22. The van der Waals surface area contributed by atoms with E-state index in [-0.39, 0.29) is 10.8 Å². The van der Waals surface area contributed by atoms with Crippen molar-refractivity contribution in [3.63, 3.8) is 0 Å². The summed E-state index contributed by atoms with van der Waals surface area (Å²) in [5.74, 6) is -1.13. The minimum absolute atomic E-state index is 0.119. The number of aromatic carboxylic acids is 1. The Morgan fingerprint density at radius 2 is 2.38 bits per heavy atom. The van der Waals surface area contributed by atoms with Crippen LogP contribution in [-0.2, 0) is 0 Å². The smallest absolute Gasteiger partial charge is 0.359 e. The van der Waals surface area contributed by atoms with Gasteiger partial charge in [-0.25, -0.2) is 9.78 Å². The Balaban J connectivity index is 2.81. The Kier molecular flexibility index (Phi) is 4.57. The summed E-state index contributed by atoms with van der Waals surface area (Å²) in [7, 11) is 0. The zero-order chi connectivity index (χ0) is 12.1. The maximum Gasteiger partial charge on any atom is 0.359 e. The average molecular weight is 261 g/mol. The molecule has 5 nitrogen and oxygen atoms in total. The zero-order valence-corrected chi connectivity index (χ0v) is 10.2. The minimum atomic E-state index is -1.13. The van der Waals surface area contributed by atoms with Gasteiger partial charge < -0.3 is 9.52 Å². The monoisotopic (exact) mass is 260 g/mol. The van der Waals surface area contributed by atoms with Crippen LogP contribution >= 0.6 is 23.4 Å². The molecule has 0 aliphatic carbocycles. The molecule has 1 heterocycles. The van der Waals surface area contributed by atoms with Crippen molar-refractivity contribution in [2.24, 2.45) is 4.99 Å². The first-order chi connectivity index (χ1) is 7.50. The number of rotatable bonds is 3. The molecular weight excluding hydrogens is 252 g/mol. The van der Waals surface area contributed by atoms with E-state index in [0.717, 1.165) is 18.2 Å². The van der Waals surface area contributed by atoms with Gasteiger partial charge in [-0.3, -0.25) is 4.99 Å². The van der Waals surface area contributed by atoms with Gasteiger partial charge in [-0.2, -0.15) is 0 Å². The van der Waals surface area contributed by atoms with Crippen molar-refractivity contribution in [1.29, 1.82) is 0 Å². The summed E-state index contributed by atoms with van der Waals surface area (Å²) >= 11 is 6.68. The molecule has 1 aromatic rings. The second-order valence-electron chi connectivity index (χ2n) is 2.76. The van der Waals surface area contributed by atoms with Crippen LogP contribution in [0.15, 0.2) is 32.1 Å². The molecule has 0 aliphatic rings. The van der Waals surface area contributed by atoms with Crippen molar-refractivity contribution in [2.45, 2.75) is 18.9 Å². The lowest BCUT2D eigenvalue weighted by atomic mass is 10.5. The fourth-order valence-electron chi connectivity index (χ4n) is 0.791. The predicted molar refractivity (Wildman–Crippen MR) is 62.0 cm³/mol. The molecule has 0 unspecified atom stereocenters. The lowest BCUT2D eigenvalue weighted by Crippen LogP contribution is -1.98. The number of carboxylic acid groups (broad SMARTS) is 1. The van der Waals surface area contributed by atoms with Crippen LogP contribution in [0.3, 0.4) is 0 Å². The van der Waals surface area contributed by atoms with E-state index in [1.54, 1.807) is 13.8 Å². The molecule has 16 heavy (non-hydrogen) atoms. The summed E-state index contributed by atoms with van der Waals surface area (Å²) in [6, 6.07) is 0. The topological polar surface area (TPSA) is 75.7 Å². The molecule has 1 rings (SSSR count).